The normalized spacial score (nSPS) is 23.5. The fourth-order valence-corrected chi connectivity index (χ4v) is 2.21. The van der Waals surface area contributed by atoms with E-state index < -0.39 is 5.60 Å². The van der Waals surface area contributed by atoms with Crippen LogP contribution in [-0.2, 0) is 4.74 Å². The van der Waals surface area contributed by atoms with E-state index in [0.29, 0.717) is 13.1 Å². The highest BCUT2D eigenvalue weighted by Crippen LogP contribution is 2.26. The van der Waals surface area contributed by atoms with Gasteiger partial charge in [-0.15, -0.1) is 0 Å². The Morgan fingerprint density at radius 1 is 1.42 bits per heavy atom. The Kier molecular flexibility index (Phi) is 3.75. The molecule has 104 valence electrons. The molecule has 0 aromatic carbocycles. The highest BCUT2D eigenvalue weighted by molar-refractivity contribution is 5.68. The van der Waals surface area contributed by atoms with Gasteiger partial charge in [0.1, 0.15) is 5.60 Å². The summed E-state index contributed by atoms with van der Waals surface area (Å²) in [5.41, 5.74) is 6.56. The Hall–Kier alpha value is -1.62. The van der Waals surface area contributed by atoms with Crippen LogP contribution in [0.15, 0.2) is 24.4 Å². The van der Waals surface area contributed by atoms with Crippen molar-refractivity contribution >= 4 is 6.09 Å². The van der Waals surface area contributed by atoms with Gasteiger partial charge >= 0.3 is 6.09 Å². The first-order chi connectivity index (χ1) is 8.87. The lowest BCUT2D eigenvalue weighted by atomic mass is 10.0. The second kappa shape index (κ2) is 5.17. The van der Waals surface area contributed by atoms with Crippen molar-refractivity contribution in [1.82, 2.24) is 9.88 Å². The summed E-state index contributed by atoms with van der Waals surface area (Å²) in [6, 6.07) is 5.66. The molecule has 2 atom stereocenters. The topological polar surface area (TPSA) is 68.5 Å². The Morgan fingerprint density at radius 2 is 2.16 bits per heavy atom. The number of likely N-dealkylation sites (tertiary alicyclic amines) is 1. The summed E-state index contributed by atoms with van der Waals surface area (Å²) >= 11 is 0. The van der Waals surface area contributed by atoms with Crippen LogP contribution in [0.5, 0.6) is 0 Å². The molecule has 1 aliphatic heterocycles. The van der Waals surface area contributed by atoms with Gasteiger partial charge in [-0.25, -0.2) is 4.79 Å². The summed E-state index contributed by atoms with van der Waals surface area (Å²) in [6.07, 6.45) is 1.44. The molecule has 0 bridgehead atoms. The highest BCUT2D eigenvalue weighted by atomic mass is 16.6. The second-order valence-electron chi connectivity index (χ2n) is 5.91. The van der Waals surface area contributed by atoms with E-state index in [1.54, 1.807) is 11.1 Å². The molecule has 1 amide bonds. The van der Waals surface area contributed by atoms with Crippen molar-refractivity contribution in [2.24, 2.45) is 5.73 Å². The minimum Gasteiger partial charge on any atom is -0.444 e. The third-order valence-corrected chi connectivity index (χ3v) is 3.08. The van der Waals surface area contributed by atoms with Crippen molar-refractivity contribution < 1.29 is 9.53 Å². The number of ether oxygens (including phenoxy) is 1. The van der Waals surface area contributed by atoms with E-state index in [0.717, 1.165) is 5.69 Å². The van der Waals surface area contributed by atoms with Crippen LogP contribution >= 0.6 is 0 Å². The summed E-state index contributed by atoms with van der Waals surface area (Å²) < 4.78 is 5.37. The monoisotopic (exact) mass is 263 g/mol. The summed E-state index contributed by atoms with van der Waals surface area (Å²) in [6.45, 7) is 6.65. The number of hydrogen-bond acceptors (Lipinski definition) is 4. The first-order valence-electron chi connectivity index (χ1n) is 6.51. The molecule has 0 saturated carbocycles. The summed E-state index contributed by atoms with van der Waals surface area (Å²) in [5, 5.41) is 0. The van der Waals surface area contributed by atoms with E-state index in [4.69, 9.17) is 10.5 Å². The highest BCUT2D eigenvalue weighted by Gasteiger charge is 2.36. The van der Waals surface area contributed by atoms with Crippen LogP contribution in [0.2, 0.25) is 0 Å². The molecule has 0 aliphatic carbocycles. The minimum atomic E-state index is -0.482. The second-order valence-corrected chi connectivity index (χ2v) is 5.91. The molecule has 19 heavy (non-hydrogen) atoms. The average molecular weight is 263 g/mol. The first kappa shape index (κ1) is 13.8. The van der Waals surface area contributed by atoms with Crippen LogP contribution < -0.4 is 5.73 Å². The maximum atomic E-state index is 12.0. The maximum Gasteiger partial charge on any atom is 0.410 e. The van der Waals surface area contributed by atoms with Gasteiger partial charge in [0.25, 0.3) is 0 Å². The van der Waals surface area contributed by atoms with Gasteiger partial charge in [0, 0.05) is 36.9 Å². The number of carbonyl (C=O) groups is 1. The van der Waals surface area contributed by atoms with Crippen LogP contribution in [0.4, 0.5) is 4.79 Å². The molecule has 2 rings (SSSR count). The van der Waals surface area contributed by atoms with Gasteiger partial charge in [-0.2, -0.15) is 0 Å². The zero-order valence-corrected chi connectivity index (χ0v) is 11.7. The quantitative estimate of drug-likeness (QED) is 0.838. The van der Waals surface area contributed by atoms with Crippen LogP contribution in [0.3, 0.4) is 0 Å². The molecular formula is C14H21N3O2. The lowest BCUT2D eigenvalue weighted by molar-refractivity contribution is 0.0290. The van der Waals surface area contributed by atoms with E-state index in [9.17, 15) is 4.79 Å². The van der Waals surface area contributed by atoms with Gasteiger partial charge in [-0.1, -0.05) is 6.07 Å². The van der Waals surface area contributed by atoms with E-state index in [2.05, 4.69) is 4.98 Å². The molecule has 5 heteroatoms. The van der Waals surface area contributed by atoms with Crippen molar-refractivity contribution in [1.29, 1.82) is 0 Å². The molecule has 0 unspecified atom stereocenters. The lowest BCUT2D eigenvalue weighted by Crippen LogP contribution is -2.36. The molecule has 1 fully saturated rings. The number of nitrogens with two attached hydrogens (primary N) is 1. The molecule has 2 heterocycles. The summed E-state index contributed by atoms with van der Waals surface area (Å²) in [7, 11) is 0. The average Bonchev–Trinajstić information content (AvgIpc) is 2.70. The van der Waals surface area contributed by atoms with Gasteiger partial charge in [-0.05, 0) is 32.9 Å². The van der Waals surface area contributed by atoms with Gasteiger partial charge in [-0.3, -0.25) is 4.98 Å². The fourth-order valence-electron chi connectivity index (χ4n) is 2.21. The van der Waals surface area contributed by atoms with E-state index in [1.165, 1.54) is 0 Å². The molecule has 1 aliphatic rings. The van der Waals surface area contributed by atoms with Crippen molar-refractivity contribution in [3.8, 4) is 0 Å². The number of aromatic nitrogens is 1. The van der Waals surface area contributed by atoms with Crippen LogP contribution in [0.25, 0.3) is 0 Å². The van der Waals surface area contributed by atoms with E-state index in [1.807, 2.05) is 39.0 Å². The van der Waals surface area contributed by atoms with E-state index in [-0.39, 0.29) is 18.1 Å². The number of carbonyl (C=O) groups excluding carboxylic acids is 1. The molecular weight excluding hydrogens is 242 g/mol. The third kappa shape index (κ3) is 3.44. The van der Waals surface area contributed by atoms with Crippen molar-refractivity contribution in [3.63, 3.8) is 0 Å². The van der Waals surface area contributed by atoms with Crippen molar-refractivity contribution in [2.75, 3.05) is 13.1 Å². The smallest absolute Gasteiger partial charge is 0.410 e. The van der Waals surface area contributed by atoms with Crippen molar-refractivity contribution in [3.05, 3.63) is 30.1 Å². The molecule has 5 nitrogen and oxygen atoms in total. The molecule has 0 radical (unpaired) electrons. The fraction of sp³-hybridized carbons (Fsp3) is 0.571. The third-order valence-electron chi connectivity index (χ3n) is 3.08. The van der Waals surface area contributed by atoms with Crippen LogP contribution in [-0.4, -0.2) is 40.7 Å². The first-order valence-corrected chi connectivity index (χ1v) is 6.51. The number of amides is 1. The SMILES string of the molecule is CC(C)(C)OC(=O)N1C[C@H](c2ccccn2)[C@@H](N)C1. The summed E-state index contributed by atoms with van der Waals surface area (Å²) in [5.74, 6) is 0.0775. The molecule has 1 aromatic heterocycles. The zero-order chi connectivity index (χ0) is 14.0. The maximum absolute atomic E-state index is 12.0. The number of rotatable bonds is 1. The predicted molar refractivity (Wildman–Crippen MR) is 72.8 cm³/mol. The standard InChI is InChI=1S/C14H21N3O2/c1-14(2,3)19-13(18)17-8-10(11(15)9-17)12-6-4-5-7-16-12/h4-7,10-11H,8-9,15H2,1-3H3/t10-,11-/m0/s1. The molecule has 2 N–H and O–H groups in total. The Balaban J connectivity index is 2.04. The molecule has 0 spiro atoms. The van der Waals surface area contributed by atoms with Gasteiger partial charge in [0.05, 0.1) is 0 Å². The summed E-state index contributed by atoms with van der Waals surface area (Å²) in [4.78, 5) is 18.0. The van der Waals surface area contributed by atoms with Crippen LogP contribution in [0.1, 0.15) is 32.4 Å². The van der Waals surface area contributed by atoms with E-state index >= 15 is 0 Å². The number of nitrogens with zero attached hydrogens (tertiary/aromatic N) is 2. The Morgan fingerprint density at radius 3 is 2.74 bits per heavy atom. The molecule has 1 aromatic rings. The molecule has 1 saturated heterocycles. The zero-order valence-electron chi connectivity index (χ0n) is 11.7. The predicted octanol–water partition coefficient (Wildman–Crippen LogP) is 1.74. The van der Waals surface area contributed by atoms with Gasteiger partial charge in [0.15, 0.2) is 0 Å². The van der Waals surface area contributed by atoms with Crippen LogP contribution in [0, 0.1) is 0 Å². The van der Waals surface area contributed by atoms with Gasteiger partial charge < -0.3 is 15.4 Å². The van der Waals surface area contributed by atoms with Crippen molar-refractivity contribution in [2.45, 2.75) is 38.3 Å². The number of hydrogen-bond donors (Lipinski definition) is 1. The largest absolute Gasteiger partial charge is 0.444 e. The Labute approximate surface area is 113 Å². The number of pyridine rings is 1. The minimum absolute atomic E-state index is 0.0775. The van der Waals surface area contributed by atoms with Gasteiger partial charge in [0.2, 0.25) is 0 Å². The Bertz CT molecular complexity index is 442. The lowest BCUT2D eigenvalue weighted by Gasteiger charge is -2.24.